The van der Waals surface area contributed by atoms with E-state index in [1.165, 1.54) is 25.4 Å². The fourth-order valence-corrected chi connectivity index (χ4v) is 3.05. The molecule has 1 saturated heterocycles. The summed E-state index contributed by atoms with van der Waals surface area (Å²) in [6, 6.07) is 0. The highest BCUT2D eigenvalue weighted by Gasteiger charge is 2.26. The second kappa shape index (κ2) is 5.58. The van der Waals surface area contributed by atoms with Crippen LogP contribution in [0, 0.1) is 0 Å². The van der Waals surface area contributed by atoms with Gasteiger partial charge in [-0.1, -0.05) is 0 Å². The van der Waals surface area contributed by atoms with Gasteiger partial charge in [0.25, 0.3) is 0 Å². The van der Waals surface area contributed by atoms with Crippen molar-refractivity contribution in [2.24, 2.45) is 0 Å². The Kier molecular flexibility index (Phi) is 4.08. The fraction of sp³-hybridized carbons (Fsp3) is 0.583. The summed E-state index contributed by atoms with van der Waals surface area (Å²) >= 11 is 1.30. The molecule has 0 N–H and O–H groups in total. The van der Waals surface area contributed by atoms with E-state index < -0.39 is 5.97 Å². The predicted octanol–water partition coefficient (Wildman–Crippen LogP) is 2.03. The SMILES string of the molecule is COC(=O)c1nc(C2CCOCC2)sc1C(C)=O. The average molecular weight is 269 g/mol. The zero-order valence-electron chi connectivity index (χ0n) is 10.4. The average Bonchev–Trinajstić information content (AvgIpc) is 2.84. The van der Waals surface area contributed by atoms with E-state index in [-0.39, 0.29) is 17.4 Å². The highest BCUT2D eigenvalue weighted by Crippen LogP contribution is 2.32. The Morgan fingerprint density at radius 3 is 2.61 bits per heavy atom. The summed E-state index contributed by atoms with van der Waals surface area (Å²) < 4.78 is 9.95. The molecule has 0 radical (unpaired) electrons. The predicted molar refractivity (Wildman–Crippen MR) is 66.3 cm³/mol. The standard InChI is InChI=1S/C12H15NO4S/c1-7(14)10-9(12(15)16-2)13-11(18-10)8-3-5-17-6-4-8/h8H,3-6H2,1-2H3. The molecule has 0 bridgehead atoms. The molecule has 1 aliphatic rings. The second-order valence-corrected chi connectivity index (χ2v) is 5.19. The highest BCUT2D eigenvalue weighted by atomic mass is 32.1. The molecule has 2 rings (SSSR count). The van der Waals surface area contributed by atoms with E-state index in [1.54, 1.807) is 0 Å². The first-order chi connectivity index (χ1) is 8.63. The minimum atomic E-state index is -0.547. The molecule has 1 fully saturated rings. The van der Waals surface area contributed by atoms with Gasteiger partial charge in [0.15, 0.2) is 11.5 Å². The number of Topliss-reactive ketones (excluding diaryl/α,β-unsaturated/α-hetero) is 1. The monoisotopic (exact) mass is 269 g/mol. The Hall–Kier alpha value is -1.27. The van der Waals surface area contributed by atoms with Crippen LogP contribution in [0.25, 0.3) is 0 Å². The van der Waals surface area contributed by atoms with Crippen molar-refractivity contribution >= 4 is 23.1 Å². The second-order valence-electron chi connectivity index (χ2n) is 4.16. The maximum absolute atomic E-state index is 11.6. The first-order valence-corrected chi connectivity index (χ1v) is 6.63. The number of nitrogens with zero attached hydrogens (tertiary/aromatic N) is 1. The molecule has 5 nitrogen and oxygen atoms in total. The molecule has 0 saturated carbocycles. The number of hydrogen-bond acceptors (Lipinski definition) is 6. The number of carbonyl (C=O) groups excluding carboxylic acids is 2. The number of rotatable bonds is 3. The Morgan fingerprint density at radius 1 is 1.39 bits per heavy atom. The Morgan fingerprint density at radius 2 is 2.06 bits per heavy atom. The molecule has 2 heterocycles. The van der Waals surface area contributed by atoms with Crippen LogP contribution in [0.5, 0.6) is 0 Å². The van der Waals surface area contributed by atoms with Crippen molar-refractivity contribution in [3.63, 3.8) is 0 Å². The lowest BCUT2D eigenvalue weighted by Crippen LogP contribution is -2.14. The molecule has 0 atom stereocenters. The van der Waals surface area contributed by atoms with Crippen LogP contribution in [0.4, 0.5) is 0 Å². The Labute approximate surface area is 109 Å². The fourth-order valence-electron chi connectivity index (χ4n) is 1.93. The molecule has 6 heteroatoms. The Bertz CT molecular complexity index is 463. The van der Waals surface area contributed by atoms with E-state index in [0.717, 1.165) is 17.8 Å². The molecular formula is C12H15NO4S. The molecule has 18 heavy (non-hydrogen) atoms. The van der Waals surface area contributed by atoms with Gasteiger partial charge in [0.05, 0.1) is 12.1 Å². The van der Waals surface area contributed by atoms with Gasteiger partial charge in [-0.2, -0.15) is 0 Å². The van der Waals surface area contributed by atoms with Crippen LogP contribution in [0.15, 0.2) is 0 Å². The number of carbonyl (C=O) groups is 2. The zero-order valence-corrected chi connectivity index (χ0v) is 11.2. The first-order valence-electron chi connectivity index (χ1n) is 5.81. The molecule has 1 aromatic heterocycles. The lowest BCUT2D eigenvalue weighted by atomic mass is 10.0. The van der Waals surface area contributed by atoms with Crippen LogP contribution in [-0.2, 0) is 9.47 Å². The quantitative estimate of drug-likeness (QED) is 0.620. The number of thiazole rings is 1. The largest absolute Gasteiger partial charge is 0.464 e. The summed E-state index contributed by atoms with van der Waals surface area (Å²) in [7, 11) is 1.29. The van der Waals surface area contributed by atoms with E-state index in [0.29, 0.717) is 18.1 Å². The third-order valence-corrected chi connectivity index (χ3v) is 4.23. The van der Waals surface area contributed by atoms with Gasteiger partial charge in [-0.25, -0.2) is 9.78 Å². The van der Waals surface area contributed by atoms with Gasteiger partial charge in [-0.3, -0.25) is 4.79 Å². The number of esters is 1. The van der Waals surface area contributed by atoms with Gasteiger partial charge >= 0.3 is 5.97 Å². The summed E-state index contributed by atoms with van der Waals surface area (Å²) in [5.74, 6) is -0.416. The molecule has 0 aliphatic carbocycles. The smallest absolute Gasteiger partial charge is 0.358 e. The van der Waals surface area contributed by atoms with Gasteiger partial charge in [0.1, 0.15) is 4.88 Å². The van der Waals surface area contributed by atoms with Crippen LogP contribution in [-0.4, -0.2) is 37.1 Å². The lowest BCUT2D eigenvalue weighted by molar-refractivity contribution is 0.0590. The number of ketones is 1. The molecule has 0 spiro atoms. The summed E-state index contributed by atoms with van der Waals surface area (Å²) in [5.41, 5.74) is 0.150. The van der Waals surface area contributed by atoms with Gasteiger partial charge in [0.2, 0.25) is 0 Å². The lowest BCUT2D eigenvalue weighted by Gasteiger charge is -2.19. The molecular weight excluding hydrogens is 254 g/mol. The number of methoxy groups -OCH3 is 1. The first kappa shape index (κ1) is 13.2. The van der Waals surface area contributed by atoms with Crippen LogP contribution in [0.2, 0.25) is 0 Å². The third-order valence-electron chi connectivity index (χ3n) is 2.91. The molecule has 0 aromatic carbocycles. The Balaban J connectivity index is 2.32. The van der Waals surface area contributed by atoms with Crippen molar-refractivity contribution in [1.29, 1.82) is 0 Å². The van der Waals surface area contributed by atoms with Gasteiger partial charge in [0, 0.05) is 26.1 Å². The van der Waals surface area contributed by atoms with Crippen molar-refractivity contribution in [2.45, 2.75) is 25.7 Å². The van der Waals surface area contributed by atoms with E-state index in [9.17, 15) is 9.59 Å². The summed E-state index contributed by atoms with van der Waals surface area (Å²) in [6.07, 6.45) is 1.76. The maximum atomic E-state index is 11.6. The zero-order chi connectivity index (χ0) is 13.1. The van der Waals surface area contributed by atoms with Gasteiger partial charge < -0.3 is 9.47 Å². The van der Waals surface area contributed by atoms with Crippen molar-refractivity contribution in [2.75, 3.05) is 20.3 Å². The van der Waals surface area contributed by atoms with Crippen molar-refractivity contribution in [1.82, 2.24) is 4.98 Å². The third kappa shape index (κ3) is 2.59. The van der Waals surface area contributed by atoms with E-state index >= 15 is 0 Å². The molecule has 98 valence electrons. The molecule has 0 amide bonds. The van der Waals surface area contributed by atoms with E-state index in [1.807, 2.05) is 0 Å². The van der Waals surface area contributed by atoms with Gasteiger partial charge in [-0.05, 0) is 12.8 Å². The summed E-state index contributed by atoms with van der Waals surface area (Å²) in [4.78, 5) is 27.8. The molecule has 1 aromatic rings. The van der Waals surface area contributed by atoms with Gasteiger partial charge in [-0.15, -0.1) is 11.3 Å². The number of hydrogen-bond donors (Lipinski definition) is 0. The normalized spacial score (nSPS) is 16.6. The van der Waals surface area contributed by atoms with Crippen molar-refractivity contribution in [3.05, 3.63) is 15.6 Å². The maximum Gasteiger partial charge on any atom is 0.358 e. The van der Waals surface area contributed by atoms with Crippen molar-refractivity contribution < 1.29 is 19.1 Å². The summed E-state index contributed by atoms with van der Waals surface area (Å²) in [6.45, 7) is 2.84. The molecule has 0 unspecified atom stereocenters. The van der Waals surface area contributed by atoms with Crippen LogP contribution in [0.1, 0.15) is 50.9 Å². The molecule has 1 aliphatic heterocycles. The minimum Gasteiger partial charge on any atom is -0.464 e. The van der Waals surface area contributed by atoms with Crippen molar-refractivity contribution in [3.8, 4) is 0 Å². The number of ether oxygens (including phenoxy) is 2. The van der Waals surface area contributed by atoms with E-state index in [2.05, 4.69) is 9.72 Å². The summed E-state index contributed by atoms with van der Waals surface area (Å²) in [5, 5.41) is 0.837. The van der Waals surface area contributed by atoms with E-state index in [4.69, 9.17) is 4.74 Å². The van der Waals surface area contributed by atoms with Crippen LogP contribution < -0.4 is 0 Å². The van der Waals surface area contributed by atoms with Crippen LogP contribution >= 0.6 is 11.3 Å². The van der Waals surface area contributed by atoms with Crippen LogP contribution in [0.3, 0.4) is 0 Å². The topological polar surface area (TPSA) is 65.5 Å². The minimum absolute atomic E-state index is 0.147. The number of aromatic nitrogens is 1. The highest BCUT2D eigenvalue weighted by molar-refractivity contribution is 7.14.